The number of esters is 2. The van der Waals surface area contributed by atoms with Crippen LogP contribution in [0.15, 0.2) is 24.3 Å². The molecule has 0 saturated heterocycles. The predicted molar refractivity (Wildman–Crippen MR) is 113 cm³/mol. The van der Waals surface area contributed by atoms with E-state index >= 15 is 0 Å². The highest BCUT2D eigenvalue weighted by atomic mass is 16.6. The molecule has 0 fully saturated rings. The smallest absolute Gasteiger partial charge is 0.321 e. The molecule has 0 unspecified atom stereocenters. The summed E-state index contributed by atoms with van der Waals surface area (Å²) < 4.78 is 9.62. The maximum atomic E-state index is 11.9. The number of aromatic hydroxyl groups is 2. The van der Waals surface area contributed by atoms with Crippen LogP contribution in [-0.2, 0) is 9.59 Å². The van der Waals surface area contributed by atoms with Gasteiger partial charge in [-0.15, -0.1) is 0 Å². The van der Waals surface area contributed by atoms with Gasteiger partial charge in [0.15, 0.2) is 0 Å². The molecule has 0 aliphatic carbocycles. The van der Waals surface area contributed by atoms with E-state index in [0.29, 0.717) is 24.3 Å². The Labute approximate surface area is 197 Å². The normalized spacial score (nSPS) is 10.3. The largest absolute Gasteiger partial charge is 0.497 e. The van der Waals surface area contributed by atoms with Gasteiger partial charge in [-0.25, -0.2) is 0 Å². The Bertz CT molecular complexity index is 1110. The first-order valence-electron chi connectivity index (χ1n) is 9.54. The number of ether oxygens (including phenoxy) is 2. The molecule has 36 heavy (non-hydrogen) atoms. The molecule has 18 nitrogen and oxygen atoms in total. The zero-order chi connectivity index (χ0) is 27.2. The summed E-state index contributed by atoms with van der Waals surface area (Å²) in [6, 6.07) is 2.47. The summed E-state index contributed by atoms with van der Waals surface area (Å²) in [4.78, 5) is 63.1. The Hall–Kier alpha value is -5.42. The SMILES string of the molecule is O=C(CCCCC(=O)Oc1cc([N+](=O)[O-])c(O)c([N+](=O)[O-])c1)Oc1cc([N+](=O)[O-])c(O)c([N+](=O)[O-])c1. The lowest BCUT2D eigenvalue weighted by molar-refractivity contribution is -0.396. The van der Waals surface area contributed by atoms with E-state index in [9.17, 15) is 60.3 Å². The van der Waals surface area contributed by atoms with Crippen molar-refractivity contribution < 1.29 is 49.0 Å². The molecule has 18 heteroatoms. The molecule has 190 valence electrons. The van der Waals surface area contributed by atoms with Crippen molar-refractivity contribution in [1.82, 2.24) is 0 Å². The molecule has 0 amide bonds. The third-order valence-electron chi connectivity index (χ3n) is 4.35. The molecule has 2 N–H and O–H groups in total. The van der Waals surface area contributed by atoms with Crippen molar-refractivity contribution >= 4 is 34.7 Å². The van der Waals surface area contributed by atoms with Crippen molar-refractivity contribution in [2.75, 3.05) is 0 Å². The van der Waals surface area contributed by atoms with Crippen molar-refractivity contribution in [2.24, 2.45) is 0 Å². The number of nitro benzene ring substituents is 4. The summed E-state index contributed by atoms with van der Waals surface area (Å²) in [6.45, 7) is 0. The lowest BCUT2D eigenvalue weighted by atomic mass is 10.2. The van der Waals surface area contributed by atoms with E-state index in [1.165, 1.54) is 0 Å². The molecule has 0 saturated carbocycles. The Kier molecular flexibility index (Phi) is 8.30. The van der Waals surface area contributed by atoms with Gasteiger partial charge in [0, 0.05) is 12.8 Å². The van der Waals surface area contributed by atoms with E-state index in [2.05, 4.69) is 0 Å². The van der Waals surface area contributed by atoms with Crippen molar-refractivity contribution in [3.05, 3.63) is 64.7 Å². The summed E-state index contributed by atoms with van der Waals surface area (Å²) in [5.41, 5.74) is -4.21. The van der Waals surface area contributed by atoms with Crippen LogP contribution in [0.25, 0.3) is 0 Å². The van der Waals surface area contributed by atoms with Crippen LogP contribution in [0.3, 0.4) is 0 Å². The van der Waals surface area contributed by atoms with Gasteiger partial charge in [0.1, 0.15) is 11.5 Å². The molecule has 0 aromatic heterocycles. The highest BCUT2D eigenvalue weighted by Crippen LogP contribution is 2.40. The predicted octanol–water partition coefficient (Wildman–Crippen LogP) is 2.80. The van der Waals surface area contributed by atoms with Gasteiger partial charge in [-0.3, -0.25) is 50.0 Å². The topological polar surface area (TPSA) is 266 Å². The molecular formula is C18H14N4O14. The number of phenols is 2. The molecule has 0 radical (unpaired) electrons. The van der Waals surface area contributed by atoms with Gasteiger partial charge in [0.25, 0.3) is 11.5 Å². The van der Waals surface area contributed by atoms with E-state index in [0.717, 1.165) is 0 Å². The van der Waals surface area contributed by atoms with E-state index < -0.39 is 77.4 Å². The molecule has 0 atom stereocenters. The summed E-state index contributed by atoms with van der Waals surface area (Å²) >= 11 is 0. The zero-order valence-corrected chi connectivity index (χ0v) is 17.7. The minimum absolute atomic E-state index is 0.00603. The van der Waals surface area contributed by atoms with Crippen molar-refractivity contribution in [3.8, 4) is 23.0 Å². The number of phenolic OH excluding ortho intramolecular Hbond substituents is 2. The zero-order valence-electron chi connectivity index (χ0n) is 17.7. The fraction of sp³-hybridized carbons (Fsp3) is 0.222. The van der Waals surface area contributed by atoms with E-state index in [1.54, 1.807) is 0 Å². The van der Waals surface area contributed by atoms with Crippen molar-refractivity contribution in [1.29, 1.82) is 0 Å². The van der Waals surface area contributed by atoms with Gasteiger partial charge in [0.05, 0.1) is 44.0 Å². The monoisotopic (exact) mass is 510 g/mol. The number of hydrogen-bond acceptors (Lipinski definition) is 14. The van der Waals surface area contributed by atoms with Crippen LogP contribution in [0, 0.1) is 40.5 Å². The van der Waals surface area contributed by atoms with Crippen LogP contribution >= 0.6 is 0 Å². The standard InChI is InChI=1S/C18H14N4O14/c23-15(35-9-5-11(19(27)28)17(25)12(6-9)20(29)30)3-1-2-4-16(24)36-10-7-13(21(31)32)18(26)14(8-10)22(33)34/h5-8,25-26H,1-4H2. The Morgan fingerprint density at radius 2 is 0.861 bits per heavy atom. The van der Waals surface area contributed by atoms with E-state index in [4.69, 9.17) is 9.47 Å². The van der Waals surface area contributed by atoms with E-state index in [1.807, 2.05) is 0 Å². The van der Waals surface area contributed by atoms with Crippen LogP contribution in [0.5, 0.6) is 23.0 Å². The number of nitrogens with zero attached hydrogens (tertiary/aromatic N) is 4. The summed E-state index contributed by atoms with van der Waals surface area (Å²) in [5.74, 6) is -5.50. The molecule has 2 rings (SSSR count). The molecule has 0 heterocycles. The van der Waals surface area contributed by atoms with Gasteiger partial charge in [-0.1, -0.05) is 0 Å². The van der Waals surface area contributed by atoms with Crippen LogP contribution in [-0.4, -0.2) is 41.8 Å². The first-order chi connectivity index (χ1) is 16.8. The fourth-order valence-electron chi connectivity index (χ4n) is 2.74. The van der Waals surface area contributed by atoms with Crippen LogP contribution in [0.1, 0.15) is 25.7 Å². The molecule has 2 aromatic rings. The Morgan fingerprint density at radius 3 is 1.08 bits per heavy atom. The second kappa shape index (κ2) is 11.1. The Balaban J connectivity index is 1.94. The summed E-state index contributed by atoms with van der Waals surface area (Å²) in [7, 11) is 0. The van der Waals surface area contributed by atoms with Crippen LogP contribution in [0.2, 0.25) is 0 Å². The number of hydrogen-bond donors (Lipinski definition) is 2. The maximum absolute atomic E-state index is 11.9. The summed E-state index contributed by atoms with van der Waals surface area (Å²) in [5, 5.41) is 62.8. The van der Waals surface area contributed by atoms with E-state index in [-0.39, 0.29) is 25.7 Å². The molecule has 2 aromatic carbocycles. The van der Waals surface area contributed by atoms with Gasteiger partial charge in [0.2, 0.25) is 0 Å². The average Bonchev–Trinajstić information content (AvgIpc) is 2.78. The minimum atomic E-state index is -1.22. The fourth-order valence-corrected chi connectivity index (χ4v) is 2.74. The highest BCUT2D eigenvalue weighted by Gasteiger charge is 2.29. The van der Waals surface area contributed by atoms with Gasteiger partial charge < -0.3 is 19.7 Å². The minimum Gasteiger partial charge on any atom is -0.497 e. The van der Waals surface area contributed by atoms with Gasteiger partial charge in [-0.2, -0.15) is 0 Å². The van der Waals surface area contributed by atoms with Gasteiger partial charge >= 0.3 is 34.7 Å². The number of nitro groups is 4. The Morgan fingerprint density at radius 1 is 0.611 bits per heavy atom. The molecular weight excluding hydrogens is 496 g/mol. The van der Waals surface area contributed by atoms with Crippen molar-refractivity contribution in [3.63, 3.8) is 0 Å². The van der Waals surface area contributed by atoms with Gasteiger partial charge in [-0.05, 0) is 12.8 Å². The molecule has 0 bridgehead atoms. The number of carbonyl (C=O) groups excluding carboxylic acids is 2. The number of benzene rings is 2. The molecule has 0 aliphatic rings. The van der Waals surface area contributed by atoms with Crippen LogP contribution < -0.4 is 9.47 Å². The average molecular weight is 510 g/mol. The number of carbonyl (C=O) groups is 2. The first-order valence-corrected chi connectivity index (χ1v) is 9.54. The first kappa shape index (κ1) is 26.8. The lowest BCUT2D eigenvalue weighted by Crippen LogP contribution is -2.10. The quantitative estimate of drug-likeness (QED) is 0.145. The molecule has 0 spiro atoms. The second-order valence-electron chi connectivity index (χ2n) is 6.80. The highest BCUT2D eigenvalue weighted by molar-refractivity contribution is 5.75. The summed E-state index contributed by atoms with van der Waals surface area (Å²) in [6.07, 6.45) is -0.671. The third-order valence-corrected chi connectivity index (χ3v) is 4.35. The molecule has 0 aliphatic heterocycles. The maximum Gasteiger partial charge on any atom is 0.321 e. The van der Waals surface area contributed by atoms with Crippen LogP contribution in [0.4, 0.5) is 22.7 Å². The lowest BCUT2D eigenvalue weighted by Gasteiger charge is -2.07. The second-order valence-corrected chi connectivity index (χ2v) is 6.80. The number of rotatable bonds is 11. The third kappa shape index (κ3) is 6.56. The number of unbranched alkanes of at least 4 members (excludes halogenated alkanes) is 1. The van der Waals surface area contributed by atoms with Crippen molar-refractivity contribution in [2.45, 2.75) is 25.7 Å².